The van der Waals surface area contributed by atoms with E-state index in [-0.39, 0.29) is 5.82 Å². The van der Waals surface area contributed by atoms with Crippen LogP contribution in [0.15, 0.2) is 34.9 Å². The standard InChI is InChI=1S/C11H11BrFN3/c1-16-5-4-10(15-16)11(14)8-6-7(12)2-3-9(8)13/h2-6,11H,14H2,1H3. The summed E-state index contributed by atoms with van der Waals surface area (Å²) in [4.78, 5) is 0. The molecule has 0 fully saturated rings. The lowest BCUT2D eigenvalue weighted by Crippen LogP contribution is -2.14. The van der Waals surface area contributed by atoms with Crippen LogP contribution in [0.25, 0.3) is 0 Å². The van der Waals surface area contributed by atoms with Gasteiger partial charge in [-0.1, -0.05) is 15.9 Å². The van der Waals surface area contributed by atoms with Gasteiger partial charge in [0, 0.05) is 23.3 Å². The van der Waals surface area contributed by atoms with Crippen LogP contribution in [0.4, 0.5) is 4.39 Å². The van der Waals surface area contributed by atoms with E-state index in [4.69, 9.17) is 5.73 Å². The van der Waals surface area contributed by atoms with Gasteiger partial charge in [-0.3, -0.25) is 4.68 Å². The maximum absolute atomic E-state index is 13.6. The Bertz CT molecular complexity index is 510. The van der Waals surface area contributed by atoms with E-state index >= 15 is 0 Å². The van der Waals surface area contributed by atoms with Crippen molar-refractivity contribution in [3.8, 4) is 0 Å². The van der Waals surface area contributed by atoms with Crippen LogP contribution in [0.2, 0.25) is 0 Å². The number of benzene rings is 1. The Hall–Kier alpha value is -1.20. The molecule has 0 aliphatic rings. The van der Waals surface area contributed by atoms with Crippen LogP contribution < -0.4 is 5.73 Å². The predicted octanol–water partition coefficient (Wildman–Crippen LogP) is 2.37. The van der Waals surface area contributed by atoms with E-state index in [0.717, 1.165) is 4.47 Å². The number of hydrogen-bond acceptors (Lipinski definition) is 2. The first kappa shape index (κ1) is 11.3. The van der Waals surface area contributed by atoms with Crippen molar-refractivity contribution in [3.63, 3.8) is 0 Å². The molecule has 1 aromatic carbocycles. The van der Waals surface area contributed by atoms with Crippen LogP contribution in [0, 0.1) is 5.82 Å². The summed E-state index contributed by atoms with van der Waals surface area (Å²) in [7, 11) is 1.80. The lowest BCUT2D eigenvalue weighted by Gasteiger charge is -2.10. The minimum absolute atomic E-state index is 0.318. The van der Waals surface area contributed by atoms with Gasteiger partial charge in [0.15, 0.2) is 0 Å². The van der Waals surface area contributed by atoms with Gasteiger partial charge in [0.1, 0.15) is 5.82 Å². The number of aryl methyl sites for hydroxylation is 1. The van der Waals surface area contributed by atoms with Gasteiger partial charge in [0.2, 0.25) is 0 Å². The summed E-state index contributed by atoms with van der Waals surface area (Å²) in [6, 6.07) is 5.95. The van der Waals surface area contributed by atoms with Crippen LogP contribution >= 0.6 is 15.9 Å². The lowest BCUT2D eigenvalue weighted by atomic mass is 10.0. The van der Waals surface area contributed by atoms with Gasteiger partial charge in [-0.15, -0.1) is 0 Å². The number of hydrogen-bond donors (Lipinski definition) is 1. The van der Waals surface area contributed by atoms with Crippen molar-refractivity contribution in [2.45, 2.75) is 6.04 Å². The fourth-order valence-corrected chi connectivity index (χ4v) is 1.89. The summed E-state index contributed by atoms with van der Waals surface area (Å²) in [5.41, 5.74) is 7.05. The van der Waals surface area contributed by atoms with E-state index in [1.54, 1.807) is 36.1 Å². The molecule has 0 aliphatic carbocycles. The van der Waals surface area contributed by atoms with Gasteiger partial charge in [-0.05, 0) is 24.3 Å². The van der Waals surface area contributed by atoms with E-state index in [1.807, 2.05) is 0 Å². The molecular weight excluding hydrogens is 273 g/mol. The third-order valence-corrected chi connectivity index (χ3v) is 2.84. The van der Waals surface area contributed by atoms with Crippen molar-refractivity contribution >= 4 is 15.9 Å². The summed E-state index contributed by atoms with van der Waals surface area (Å²) < 4.78 is 16.0. The van der Waals surface area contributed by atoms with Gasteiger partial charge >= 0.3 is 0 Å². The molecular formula is C11H11BrFN3. The maximum Gasteiger partial charge on any atom is 0.128 e. The highest BCUT2D eigenvalue weighted by Gasteiger charge is 2.16. The molecule has 0 saturated heterocycles. The number of nitrogens with zero attached hydrogens (tertiary/aromatic N) is 2. The van der Waals surface area contributed by atoms with E-state index in [1.165, 1.54) is 6.07 Å². The highest BCUT2D eigenvalue weighted by Crippen LogP contribution is 2.24. The fraction of sp³-hybridized carbons (Fsp3) is 0.182. The van der Waals surface area contributed by atoms with Crippen LogP contribution in [0.1, 0.15) is 17.3 Å². The normalized spacial score (nSPS) is 12.8. The Morgan fingerprint density at radius 2 is 2.19 bits per heavy atom. The summed E-state index contributed by atoms with van der Waals surface area (Å²) >= 11 is 3.29. The number of halogens is 2. The van der Waals surface area contributed by atoms with Gasteiger partial charge in [0.05, 0.1) is 11.7 Å². The molecule has 3 nitrogen and oxygen atoms in total. The van der Waals surface area contributed by atoms with Gasteiger partial charge in [0.25, 0.3) is 0 Å². The maximum atomic E-state index is 13.6. The number of rotatable bonds is 2. The van der Waals surface area contributed by atoms with E-state index in [0.29, 0.717) is 11.3 Å². The largest absolute Gasteiger partial charge is 0.319 e. The second-order valence-corrected chi connectivity index (χ2v) is 4.47. The first-order chi connectivity index (χ1) is 7.58. The van der Waals surface area contributed by atoms with Gasteiger partial charge in [-0.2, -0.15) is 5.10 Å². The van der Waals surface area contributed by atoms with Crippen molar-refractivity contribution in [2.75, 3.05) is 0 Å². The molecule has 5 heteroatoms. The molecule has 0 spiro atoms. The molecule has 0 bridgehead atoms. The molecule has 2 rings (SSSR count). The van der Waals surface area contributed by atoms with Crippen molar-refractivity contribution in [2.24, 2.45) is 12.8 Å². The van der Waals surface area contributed by atoms with Crippen molar-refractivity contribution in [1.29, 1.82) is 0 Å². The second-order valence-electron chi connectivity index (χ2n) is 3.56. The Morgan fingerprint density at radius 3 is 2.81 bits per heavy atom. The fourth-order valence-electron chi connectivity index (χ4n) is 1.51. The van der Waals surface area contributed by atoms with Gasteiger partial charge < -0.3 is 5.73 Å². The molecule has 0 aliphatic heterocycles. The van der Waals surface area contributed by atoms with Crippen LogP contribution in [0.3, 0.4) is 0 Å². The molecule has 0 saturated carbocycles. The molecule has 2 aromatic rings. The molecule has 2 N–H and O–H groups in total. The summed E-state index contributed by atoms with van der Waals surface area (Å²) in [6.45, 7) is 0. The first-order valence-electron chi connectivity index (χ1n) is 4.78. The molecule has 84 valence electrons. The topological polar surface area (TPSA) is 43.8 Å². The quantitative estimate of drug-likeness (QED) is 0.920. The Morgan fingerprint density at radius 1 is 1.44 bits per heavy atom. The van der Waals surface area contributed by atoms with Crippen molar-refractivity contribution in [1.82, 2.24) is 9.78 Å². The Balaban J connectivity index is 2.40. The van der Waals surface area contributed by atoms with E-state index < -0.39 is 6.04 Å². The summed E-state index contributed by atoms with van der Waals surface area (Å²) in [5.74, 6) is -0.318. The highest BCUT2D eigenvalue weighted by molar-refractivity contribution is 9.10. The molecule has 16 heavy (non-hydrogen) atoms. The SMILES string of the molecule is Cn1ccc(C(N)c2cc(Br)ccc2F)n1. The molecule has 0 radical (unpaired) electrons. The van der Waals surface area contributed by atoms with Crippen LogP contribution in [0.5, 0.6) is 0 Å². The zero-order valence-corrected chi connectivity index (χ0v) is 10.3. The predicted molar refractivity (Wildman–Crippen MR) is 63.3 cm³/mol. The molecule has 1 atom stereocenters. The van der Waals surface area contributed by atoms with Crippen LogP contribution in [-0.2, 0) is 7.05 Å². The van der Waals surface area contributed by atoms with E-state index in [9.17, 15) is 4.39 Å². The van der Waals surface area contributed by atoms with Gasteiger partial charge in [-0.25, -0.2) is 4.39 Å². The Labute approximate surface area is 101 Å². The first-order valence-corrected chi connectivity index (χ1v) is 5.57. The van der Waals surface area contributed by atoms with Crippen molar-refractivity contribution < 1.29 is 4.39 Å². The zero-order valence-electron chi connectivity index (χ0n) is 8.69. The Kier molecular flexibility index (Phi) is 3.07. The zero-order chi connectivity index (χ0) is 11.7. The summed E-state index contributed by atoms with van der Waals surface area (Å²) in [5, 5.41) is 4.17. The molecule has 1 aromatic heterocycles. The third-order valence-electron chi connectivity index (χ3n) is 2.35. The second kappa shape index (κ2) is 4.35. The van der Waals surface area contributed by atoms with Crippen molar-refractivity contribution in [3.05, 3.63) is 52.0 Å². The molecule has 1 unspecified atom stereocenters. The monoisotopic (exact) mass is 283 g/mol. The summed E-state index contributed by atoms with van der Waals surface area (Å²) in [6.07, 6.45) is 1.78. The molecule has 1 heterocycles. The molecule has 0 amide bonds. The average Bonchev–Trinajstić information content (AvgIpc) is 2.67. The minimum Gasteiger partial charge on any atom is -0.319 e. The third kappa shape index (κ3) is 2.15. The lowest BCUT2D eigenvalue weighted by molar-refractivity contribution is 0.593. The van der Waals surface area contributed by atoms with E-state index in [2.05, 4.69) is 21.0 Å². The smallest absolute Gasteiger partial charge is 0.128 e. The highest BCUT2D eigenvalue weighted by atomic mass is 79.9. The minimum atomic E-state index is -0.543. The number of aromatic nitrogens is 2. The average molecular weight is 284 g/mol. The number of nitrogens with two attached hydrogens (primary N) is 1. The van der Waals surface area contributed by atoms with Crippen LogP contribution in [-0.4, -0.2) is 9.78 Å².